The van der Waals surface area contributed by atoms with Gasteiger partial charge in [0.05, 0.1) is 6.10 Å². The highest BCUT2D eigenvalue weighted by molar-refractivity contribution is 5.69. The lowest BCUT2D eigenvalue weighted by Gasteiger charge is -2.36. The number of ether oxygens (including phenoxy) is 2. The van der Waals surface area contributed by atoms with Gasteiger partial charge in [-0.1, -0.05) is 12.7 Å². The highest BCUT2D eigenvalue weighted by atomic mass is 16.5. The number of hydrogen-bond donors (Lipinski definition) is 0. The van der Waals surface area contributed by atoms with Crippen molar-refractivity contribution in [1.29, 1.82) is 0 Å². The SMILES string of the molecule is C=Cc1c(C)c2c(c(C)c1OC(C)C)CCC(C)(C)O2. The fourth-order valence-electron chi connectivity index (χ4n) is 2.85. The van der Waals surface area contributed by atoms with Crippen LogP contribution in [-0.4, -0.2) is 11.7 Å². The number of benzene rings is 1. The highest BCUT2D eigenvalue weighted by Gasteiger charge is 2.31. The van der Waals surface area contributed by atoms with E-state index in [0.717, 1.165) is 35.5 Å². The lowest BCUT2D eigenvalue weighted by atomic mass is 9.87. The van der Waals surface area contributed by atoms with E-state index in [0.29, 0.717) is 0 Å². The van der Waals surface area contributed by atoms with Crippen molar-refractivity contribution in [2.24, 2.45) is 0 Å². The molecule has 0 unspecified atom stereocenters. The molecule has 0 radical (unpaired) electrons. The van der Waals surface area contributed by atoms with E-state index in [4.69, 9.17) is 9.47 Å². The van der Waals surface area contributed by atoms with Crippen LogP contribution in [0.5, 0.6) is 11.5 Å². The molecule has 0 amide bonds. The van der Waals surface area contributed by atoms with Gasteiger partial charge < -0.3 is 9.47 Å². The molecule has 2 heteroatoms. The molecule has 0 saturated heterocycles. The van der Waals surface area contributed by atoms with Gasteiger partial charge in [0.2, 0.25) is 0 Å². The largest absolute Gasteiger partial charge is 0.490 e. The van der Waals surface area contributed by atoms with Gasteiger partial charge >= 0.3 is 0 Å². The number of hydrogen-bond acceptors (Lipinski definition) is 2. The van der Waals surface area contributed by atoms with Crippen LogP contribution < -0.4 is 9.47 Å². The van der Waals surface area contributed by atoms with Crippen LogP contribution in [0.25, 0.3) is 6.08 Å². The lowest BCUT2D eigenvalue weighted by Crippen LogP contribution is -2.33. The Bertz CT molecular complexity index is 539. The van der Waals surface area contributed by atoms with Gasteiger partial charge in [0.1, 0.15) is 17.1 Å². The van der Waals surface area contributed by atoms with Gasteiger partial charge in [-0.2, -0.15) is 0 Å². The second-order valence-corrected chi connectivity index (χ2v) is 6.53. The Morgan fingerprint density at radius 2 is 1.90 bits per heavy atom. The number of fused-ring (bicyclic) bond motifs is 1. The summed E-state index contributed by atoms with van der Waals surface area (Å²) in [4.78, 5) is 0. The van der Waals surface area contributed by atoms with Crippen LogP contribution in [-0.2, 0) is 6.42 Å². The minimum atomic E-state index is -0.0942. The van der Waals surface area contributed by atoms with Gasteiger partial charge in [-0.15, -0.1) is 0 Å². The average Bonchev–Trinajstić information content (AvgIpc) is 2.34. The minimum absolute atomic E-state index is 0.0942. The van der Waals surface area contributed by atoms with Crippen LogP contribution in [0.2, 0.25) is 0 Å². The van der Waals surface area contributed by atoms with E-state index in [9.17, 15) is 0 Å². The first-order chi connectivity index (χ1) is 9.26. The maximum absolute atomic E-state index is 6.23. The van der Waals surface area contributed by atoms with Crippen molar-refractivity contribution in [3.8, 4) is 11.5 Å². The second kappa shape index (κ2) is 5.16. The summed E-state index contributed by atoms with van der Waals surface area (Å²) < 4.78 is 12.3. The van der Waals surface area contributed by atoms with Crippen molar-refractivity contribution in [2.75, 3.05) is 0 Å². The quantitative estimate of drug-likeness (QED) is 0.785. The van der Waals surface area contributed by atoms with Crippen molar-refractivity contribution in [3.63, 3.8) is 0 Å². The van der Waals surface area contributed by atoms with E-state index in [2.05, 4.69) is 48.1 Å². The van der Waals surface area contributed by atoms with Crippen LogP contribution in [0.15, 0.2) is 6.58 Å². The summed E-state index contributed by atoms with van der Waals surface area (Å²) in [6, 6.07) is 0. The first-order valence-corrected chi connectivity index (χ1v) is 7.41. The minimum Gasteiger partial charge on any atom is -0.490 e. The molecule has 2 rings (SSSR count). The van der Waals surface area contributed by atoms with E-state index < -0.39 is 0 Å². The molecule has 1 aliphatic heterocycles. The summed E-state index contributed by atoms with van der Waals surface area (Å²) in [7, 11) is 0. The first-order valence-electron chi connectivity index (χ1n) is 7.41. The summed E-state index contributed by atoms with van der Waals surface area (Å²) in [5, 5.41) is 0. The van der Waals surface area contributed by atoms with Crippen molar-refractivity contribution < 1.29 is 9.47 Å². The molecule has 2 nitrogen and oxygen atoms in total. The molecule has 0 bridgehead atoms. The normalized spacial score (nSPS) is 16.6. The molecule has 0 spiro atoms. The smallest absolute Gasteiger partial charge is 0.130 e. The molecule has 0 saturated carbocycles. The Morgan fingerprint density at radius 3 is 2.45 bits per heavy atom. The fourth-order valence-corrected chi connectivity index (χ4v) is 2.85. The standard InChI is InChI=1S/C18H26O2/c1-8-14-12(4)17-15(9-10-18(6,7)20-17)13(5)16(14)19-11(2)3/h8,11H,1,9-10H2,2-7H3. The highest BCUT2D eigenvalue weighted by Crippen LogP contribution is 2.44. The maximum Gasteiger partial charge on any atom is 0.130 e. The van der Waals surface area contributed by atoms with E-state index >= 15 is 0 Å². The molecule has 110 valence electrons. The monoisotopic (exact) mass is 274 g/mol. The topological polar surface area (TPSA) is 18.5 Å². The molecule has 20 heavy (non-hydrogen) atoms. The maximum atomic E-state index is 6.23. The van der Waals surface area contributed by atoms with Crippen LogP contribution >= 0.6 is 0 Å². The van der Waals surface area contributed by atoms with Gasteiger partial charge in [0.15, 0.2) is 0 Å². The van der Waals surface area contributed by atoms with Crippen molar-refractivity contribution >= 4 is 6.08 Å². The molecular weight excluding hydrogens is 248 g/mol. The van der Waals surface area contributed by atoms with E-state index in [-0.39, 0.29) is 11.7 Å². The third kappa shape index (κ3) is 2.56. The fraction of sp³-hybridized carbons (Fsp3) is 0.556. The van der Waals surface area contributed by atoms with Gasteiger partial charge in [-0.05, 0) is 59.9 Å². The van der Waals surface area contributed by atoms with E-state index in [1.165, 1.54) is 11.1 Å². The summed E-state index contributed by atoms with van der Waals surface area (Å²) in [6.07, 6.45) is 4.12. The predicted octanol–water partition coefficient (Wildman–Crippen LogP) is 4.84. The molecule has 0 N–H and O–H groups in total. The molecule has 0 aliphatic carbocycles. The third-order valence-electron chi connectivity index (χ3n) is 3.97. The van der Waals surface area contributed by atoms with E-state index in [1.54, 1.807) is 0 Å². The Labute approximate surface area is 122 Å². The van der Waals surface area contributed by atoms with Gasteiger partial charge in [0, 0.05) is 16.7 Å². The molecule has 0 aromatic heterocycles. The molecule has 0 atom stereocenters. The Hall–Kier alpha value is -1.44. The Morgan fingerprint density at radius 1 is 1.25 bits per heavy atom. The lowest BCUT2D eigenvalue weighted by molar-refractivity contribution is 0.0830. The molecule has 1 aromatic rings. The van der Waals surface area contributed by atoms with Crippen LogP contribution in [0.3, 0.4) is 0 Å². The van der Waals surface area contributed by atoms with Crippen molar-refractivity contribution in [2.45, 2.75) is 66.1 Å². The number of rotatable bonds is 3. The Kier molecular flexibility index (Phi) is 3.86. The zero-order chi connectivity index (χ0) is 15.1. The summed E-state index contributed by atoms with van der Waals surface area (Å²) in [5.41, 5.74) is 4.60. The van der Waals surface area contributed by atoms with Crippen LogP contribution in [0, 0.1) is 13.8 Å². The second-order valence-electron chi connectivity index (χ2n) is 6.53. The Balaban J connectivity index is 2.64. The predicted molar refractivity (Wildman–Crippen MR) is 84.8 cm³/mol. The van der Waals surface area contributed by atoms with Gasteiger partial charge in [-0.25, -0.2) is 0 Å². The third-order valence-corrected chi connectivity index (χ3v) is 3.97. The van der Waals surface area contributed by atoms with Gasteiger partial charge in [-0.3, -0.25) is 0 Å². The van der Waals surface area contributed by atoms with Crippen LogP contribution in [0.1, 0.15) is 56.4 Å². The zero-order valence-corrected chi connectivity index (χ0v) is 13.6. The summed E-state index contributed by atoms with van der Waals surface area (Å²) in [6.45, 7) is 16.6. The molecule has 1 aliphatic rings. The molecule has 1 aromatic carbocycles. The van der Waals surface area contributed by atoms with Crippen molar-refractivity contribution in [3.05, 3.63) is 28.8 Å². The molecular formula is C18H26O2. The van der Waals surface area contributed by atoms with Gasteiger partial charge in [0.25, 0.3) is 0 Å². The molecule has 1 heterocycles. The molecule has 0 fully saturated rings. The first kappa shape index (κ1) is 15.0. The van der Waals surface area contributed by atoms with E-state index in [1.807, 2.05) is 6.08 Å². The average molecular weight is 274 g/mol. The van der Waals surface area contributed by atoms with Crippen molar-refractivity contribution in [1.82, 2.24) is 0 Å². The zero-order valence-electron chi connectivity index (χ0n) is 13.6. The summed E-state index contributed by atoms with van der Waals surface area (Å²) >= 11 is 0. The summed E-state index contributed by atoms with van der Waals surface area (Å²) in [5.74, 6) is 2.00. The van der Waals surface area contributed by atoms with Crippen LogP contribution in [0.4, 0.5) is 0 Å².